The second kappa shape index (κ2) is 6.16. The number of aromatic nitrogens is 5. The molecule has 0 spiro atoms. The molecule has 0 unspecified atom stereocenters. The van der Waals surface area contributed by atoms with Crippen molar-refractivity contribution < 1.29 is 4.79 Å². The van der Waals surface area contributed by atoms with Gasteiger partial charge in [0.05, 0.1) is 21.6 Å². The Balaban J connectivity index is 1.67. The summed E-state index contributed by atoms with van der Waals surface area (Å²) in [6, 6.07) is 5.38. The van der Waals surface area contributed by atoms with Crippen LogP contribution in [0.25, 0.3) is 21.4 Å². The quantitative estimate of drug-likeness (QED) is 0.567. The Morgan fingerprint density at radius 2 is 2.04 bits per heavy atom. The van der Waals surface area contributed by atoms with E-state index in [0.29, 0.717) is 5.69 Å². The van der Waals surface area contributed by atoms with Gasteiger partial charge in [-0.1, -0.05) is 0 Å². The number of imidazole rings is 1. The van der Waals surface area contributed by atoms with Gasteiger partial charge in [-0.05, 0) is 25.1 Å². The van der Waals surface area contributed by atoms with Crippen molar-refractivity contribution in [3.05, 3.63) is 50.4 Å². The van der Waals surface area contributed by atoms with Crippen LogP contribution in [-0.2, 0) is 25.4 Å². The highest BCUT2D eigenvalue weighted by molar-refractivity contribution is 7.18. The van der Waals surface area contributed by atoms with E-state index in [1.165, 1.54) is 33.8 Å². The summed E-state index contributed by atoms with van der Waals surface area (Å²) in [6.45, 7) is 1.53. The van der Waals surface area contributed by atoms with Crippen LogP contribution < -0.4 is 16.6 Å². The number of rotatable bonds is 3. The van der Waals surface area contributed by atoms with Crippen molar-refractivity contribution in [3.63, 3.8) is 0 Å². The molecule has 0 saturated carbocycles. The Hall–Kier alpha value is -3.27. The lowest BCUT2D eigenvalue weighted by molar-refractivity contribution is -0.116. The van der Waals surface area contributed by atoms with Gasteiger partial charge in [0.2, 0.25) is 5.91 Å². The van der Waals surface area contributed by atoms with Crippen LogP contribution in [0.1, 0.15) is 5.01 Å². The van der Waals surface area contributed by atoms with Crippen LogP contribution in [0.4, 0.5) is 5.69 Å². The molecule has 0 bridgehead atoms. The van der Waals surface area contributed by atoms with Gasteiger partial charge in [-0.3, -0.25) is 14.2 Å². The number of carbonyl (C=O) groups is 1. The second-order valence-corrected chi connectivity index (χ2v) is 7.46. The molecule has 9 nitrogen and oxygen atoms in total. The van der Waals surface area contributed by atoms with Crippen molar-refractivity contribution in [2.24, 2.45) is 14.1 Å². The van der Waals surface area contributed by atoms with E-state index in [9.17, 15) is 14.4 Å². The van der Waals surface area contributed by atoms with Gasteiger partial charge < -0.3 is 9.88 Å². The molecule has 3 aromatic heterocycles. The first-order chi connectivity index (χ1) is 12.8. The molecule has 4 rings (SSSR count). The number of anilines is 1. The number of carbonyl (C=O) groups excluding carboxylic acids is 1. The molecule has 1 aromatic carbocycles. The average Bonchev–Trinajstić information content (AvgIpc) is 3.18. The summed E-state index contributed by atoms with van der Waals surface area (Å²) in [7, 11) is 3.18. The summed E-state index contributed by atoms with van der Waals surface area (Å²) in [6.07, 6.45) is 1.46. The first kappa shape index (κ1) is 17.2. The lowest BCUT2D eigenvalue weighted by Crippen LogP contribution is -2.42. The summed E-state index contributed by atoms with van der Waals surface area (Å²) in [5, 5.41) is 3.67. The Bertz CT molecular complexity index is 1330. The number of fused-ring (bicyclic) bond motifs is 2. The van der Waals surface area contributed by atoms with Crippen molar-refractivity contribution >= 4 is 44.3 Å². The highest BCUT2D eigenvalue weighted by Gasteiger charge is 2.17. The molecule has 4 aromatic rings. The maximum atomic E-state index is 12.7. The summed E-state index contributed by atoms with van der Waals surface area (Å²) in [4.78, 5) is 46.0. The molecule has 0 radical (unpaired) electrons. The van der Waals surface area contributed by atoms with Gasteiger partial charge in [-0.2, -0.15) is 0 Å². The molecule has 0 aliphatic carbocycles. The standard InChI is InChI=1S/C17H16N6O3S/c1-9-19-11-5-4-10(6-12(11)27-9)20-13(24)7-23-16(25)14-15(18-8-21(14)2)22(3)17(23)26/h4-6,8H,7H2,1-3H3,(H,20,24). The number of hydrogen-bond donors (Lipinski definition) is 1. The third kappa shape index (κ3) is 2.83. The predicted octanol–water partition coefficient (Wildman–Crippen LogP) is 0.991. The van der Waals surface area contributed by atoms with E-state index in [4.69, 9.17) is 0 Å². The number of nitrogens with one attached hydrogen (secondary N) is 1. The molecule has 1 amide bonds. The Kier molecular flexibility index (Phi) is 3.92. The van der Waals surface area contributed by atoms with Gasteiger partial charge >= 0.3 is 5.69 Å². The maximum absolute atomic E-state index is 12.7. The van der Waals surface area contributed by atoms with Crippen molar-refractivity contribution in [1.82, 2.24) is 23.7 Å². The number of nitrogens with zero attached hydrogens (tertiary/aromatic N) is 5. The lowest BCUT2D eigenvalue weighted by Gasteiger charge is -2.09. The number of hydrogen-bond acceptors (Lipinski definition) is 6. The fourth-order valence-corrected chi connectivity index (χ4v) is 3.86. The normalized spacial score (nSPS) is 11.4. The SMILES string of the molecule is Cc1nc2ccc(NC(=O)Cn3c(=O)c4c(ncn4C)n(C)c3=O)cc2s1. The van der Waals surface area contributed by atoms with Crippen molar-refractivity contribution in [1.29, 1.82) is 0 Å². The molecule has 0 saturated heterocycles. The molecule has 27 heavy (non-hydrogen) atoms. The number of amides is 1. The smallest absolute Gasteiger partial charge is 0.328 e. The van der Waals surface area contributed by atoms with E-state index < -0.39 is 17.2 Å². The number of aryl methyl sites for hydroxylation is 3. The van der Waals surface area contributed by atoms with Gasteiger partial charge in [0.1, 0.15) is 6.54 Å². The molecule has 0 atom stereocenters. The molecular weight excluding hydrogens is 368 g/mol. The van der Waals surface area contributed by atoms with Gasteiger partial charge in [-0.15, -0.1) is 11.3 Å². The first-order valence-electron chi connectivity index (χ1n) is 8.13. The van der Waals surface area contributed by atoms with Crippen LogP contribution in [0.5, 0.6) is 0 Å². The van der Waals surface area contributed by atoms with Gasteiger partial charge in [-0.25, -0.2) is 19.3 Å². The van der Waals surface area contributed by atoms with E-state index in [1.54, 1.807) is 13.1 Å². The van der Waals surface area contributed by atoms with E-state index in [1.807, 2.05) is 19.1 Å². The largest absolute Gasteiger partial charge is 0.332 e. The summed E-state index contributed by atoms with van der Waals surface area (Å²) < 4.78 is 4.66. The molecule has 0 aliphatic rings. The molecule has 3 heterocycles. The van der Waals surface area contributed by atoms with E-state index >= 15 is 0 Å². The second-order valence-electron chi connectivity index (χ2n) is 6.22. The average molecular weight is 384 g/mol. The minimum Gasteiger partial charge on any atom is -0.328 e. The Morgan fingerprint density at radius 1 is 1.26 bits per heavy atom. The fourth-order valence-electron chi connectivity index (χ4n) is 3.00. The molecule has 1 N–H and O–H groups in total. The van der Waals surface area contributed by atoms with Crippen LogP contribution in [-0.4, -0.2) is 29.6 Å². The van der Waals surface area contributed by atoms with E-state index in [0.717, 1.165) is 19.8 Å². The highest BCUT2D eigenvalue weighted by atomic mass is 32.1. The van der Waals surface area contributed by atoms with Crippen LogP contribution in [0.2, 0.25) is 0 Å². The predicted molar refractivity (Wildman–Crippen MR) is 103 cm³/mol. The Morgan fingerprint density at radius 3 is 2.81 bits per heavy atom. The van der Waals surface area contributed by atoms with Crippen LogP contribution in [0.15, 0.2) is 34.1 Å². The van der Waals surface area contributed by atoms with E-state index in [-0.39, 0.29) is 17.7 Å². The zero-order valence-corrected chi connectivity index (χ0v) is 15.7. The monoisotopic (exact) mass is 384 g/mol. The number of benzene rings is 1. The van der Waals surface area contributed by atoms with Crippen molar-refractivity contribution in [3.8, 4) is 0 Å². The minimum absolute atomic E-state index is 0.270. The van der Waals surface area contributed by atoms with Crippen molar-refractivity contribution in [2.45, 2.75) is 13.5 Å². The summed E-state index contributed by atoms with van der Waals surface area (Å²) in [5.74, 6) is -0.462. The van der Waals surface area contributed by atoms with Crippen LogP contribution in [0.3, 0.4) is 0 Å². The lowest BCUT2D eigenvalue weighted by atomic mass is 10.3. The third-order valence-corrected chi connectivity index (χ3v) is 5.22. The number of thiazole rings is 1. The zero-order chi connectivity index (χ0) is 19.3. The summed E-state index contributed by atoms with van der Waals surface area (Å²) in [5.41, 5.74) is 0.873. The van der Waals surface area contributed by atoms with E-state index in [2.05, 4.69) is 15.3 Å². The fraction of sp³-hybridized carbons (Fsp3) is 0.235. The molecular formula is C17H16N6O3S. The Labute approximate surface area is 156 Å². The van der Waals surface area contributed by atoms with Crippen LogP contribution in [0, 0.1) is 6.92 Å². The van der Waals surface area contributed by atoms with Crippen LogP contribution >= 0.6 is 11.3 Å². The maximum Gasteiger partial charge on any atom is 0.332 e. The summed E-state index contributed by atoms with van der Waals surface area (Å²) >= 11 is 1.53. The minimum atomic E-state index is -0.588. The topological polar surface area (TPSA) is 104 Å². The molecule has 0 fully saturated rings. The molecule has 138 valence electrons. The molecule has 0 aliphatic heterocycles. The van der Waals surface area contributed by atoms with Gasteiger partial charge in [0.25, 0.3) is 5.56 Å². The first-order valence-corrected chi connectivity index (χ1v) is 8.94. The van der Waals surface area contributed by atoms with Crippen molar-refractivity contribution in [2.75, 3.05) is 5.32 Å². The van der Waals surface area contributed by atoms with Gasteiger partial charge in [0.15, 0.2) is 11.2 Å². The zero-order valence-electron chi connectivity index (χ0n) is 14.9. The van der Waals surface area contributed by atoms with Gasteiger partial charge in [0, 0.05) is 19.8 Å². The highest BCUT2D eigenvalue weighted by Crippen LogP contribution is 2.24. The third-order valence-electron chi connectivity index (χ3n) is 4.28. The molecule has 10 heteroatoms.